The van der Waals surface area contributed by atoms with E-state index in [1.165, 1.54) is 194 Å². The lowest BCUT2D eigenvalue weighted by Crippen LogP contribution is -2.61. The summed E-state index contributed by atoms with van der Waals surface area (Å²) in [5.41, 5.74) is 33.4. The Morgan fingerprint density at radius 3 is 1.04 bits per heavy atom. The van der Waals surface area contributed by atoms with Crippen LogP contribution < -0.4 is 26.2 Å². The van der Waals surface area contributed by atoms with Crippen molar-refractivity contribution in [1.29, 1.82) is 0 Å². The predicted molar refractivity (Wildman–Crippen MR) is 437 cm³/mol. The van der Waals surface area contributed by atoms with E-state index in [2.05, 4.69) is 358 Å². The molecule has 6 aliphatic rings. The fourth-order valence-corrected chi connectivity index (χ4v) is 19.4. The molecule has 0 saturated heterocycles. The number of benzene rings is 12. The highest BCUT2D eigenvalue weighted by molar-refractivity contribution is 7.00. The standard InChI is InChI=1S/C98H94BN3/c1-94(2,3)71-39-42-77-78-43-40-72(95(4,5)6)55-86(78)100(85(77)54-71)76-41-45-84-88(58-76)102(93-81(68-34-24-16-25-35-68)52-74(97(10,11)12)53-82(93)69-36-26-17-27-37-69)90-57-75(98-59-62-46-63(60-98)48-64(47-62)61-98)56-89-91(90)99(84)83-44-38-70(65-28-18-13-19-29-65)49-87(83)101(89)92-79(66-30-20-14-21-31-66)50-73(96(7,8)9)51-80(92)67-32-22-15-23-33-67/h13-45,49-58,62-64H,46-48,59-61H2,1-12H3. The number of fused-ring (bicyclic) bond motifs is 7. The van der Waals surface area contributed by atoms with Gasteiger partial charge in [-0.05, 0) is 228 Å². The van der Waals surface area contributed by atoms with Crippen molar-refractivity contribution >= 4 is 79.0 Å². The summed E-state index contributed by atoms with van der Waals surface area (Å²) in [6.07, 6.45) is 7.78. The summed E-state index contributed by atoms with van der Waals surface area (Å²) in [7, 11) is 0. The van der Waals surface area contributed by atoms with Gasteiger partial charge in [-0.15, -0.1) is 0 Å². The third kappa shape index (κ3) is 10.7. The molecule has 0 amide bonds. The largest absolute Gasteiger partial charge is 0.310 e. The quantitative estimate of drug-likeness (QED) is 0.133. The summed E-state index contributed by atoms with van der Waals surface area (Å²) in [5.74, 6) is 2.18. The molecule has 0 spiro atoms. The van der Waals surface area contributed by atoms with E-state index in [4.69, 9.17) is 0 Å². The lowest BCUT2D eigenvalue weighted by molar-refractivity contribution is -0.00514. The Labute approximate surface area is 606 Å². The first-order valence-corrected chi connectivity index (χ1v) is 37.8. The maximum absolute atomic E-state index is 2.85. The van der Waals surface area contributed by atoms with Gasteiger partial charge in [-0.2, -0.15) is 0 Å². The van der Waals surface area contributed by atoms with Crippen LogP contribution in [0, 0.1) is 17.8 Å². The molecule has 4 fully saturated rings. The predicted octanol–water partition coefficient (Wildman–Crippen LogP) is 24.9. The van der Waals surface area contributed by atoms with Crippen LogP contribution in [0.3, 0.4) is 0 Å². The lowest BCUT2D eigenvalue weighted by atomic mass is 9.33. The third-order valence-corrected chi connectivity index (χ3v) is 24.3. The van der Waals surface area contributed by atoms with Crippen LogP contribution in [0.1, 0.15) is 149 Å². The van der Waals surface area contributed by atoms with Gasteiger partial charge in [0.25, 0.3) is 6.71 Å². The number of anilines is 6. The molecule has 102 heavy (non-hydrogen) atoms. The van der Waals surface area contributed by atoms with Crippen molar-refractivity contribution in [3.8, 4) is 61.3 Å². The van der Waals surface area contributed by atoms with Crippen molar-refractivity contribution < 1.29 is 0 Å². The minimum absolute atomic E-state index is 0.00112. The summed E-state index contributed by atoms with van der Waals surface area (Å²) >= 11 is 0. The van der Waals surface area contributed by atoms with Crippen LogP contribution in [0.25, 0.3) is 83.1 Å². The highest BCUT2D eigenvalue weighted by atomic mass is 15.2. The normalized spacial score (nSPS) is 18.4. The third-order valence-electron chi connectivity index (χ3n) is 24.3. The molecule has 504 valence electrons. The van der Waals surface area contributed by atoms with Gasteiger partial charge in [0.15, 0.2) is 0 Å². The number of rotatable bonds is 9. The van der Waals surface area contributed by atoms with Gasteiger partial charge in [0.2, 0.25) is 0 Å². The van der Waals surface area contributed by atoms with E-state index in [9.17, 15) is 0 Å². The maximum atomic E-state index is 2.85. The number of hydrogen-bond donors (Lipinski definition) is 0. The van der Waals surface area contributed by atoms with Crippen LogP contribution >= 0.6 is 0 Å². The van der Waals surface area contributed by atoms with Gasteiger partial charge in [0, 0.05) is 61.5 Å². The van der Waals surface area contributed by atoms with Crippen LogP contribution in [0.4, 0.5) is 34.1 Å². The van der Waals surface area contributed by atoms with Gasteiger partial charge >= 0.3 is 0 Å². The van der Waals surface area contributed by atoms with E-state index >= 15 is 0 Å². The van der Waals surface area contributed by atoms with Gasteiger partial charge < -0.3 is 14.4 Å². The van der Waals surface area contributed by atoms with Gasteiger partial charge in [-0.3, -0.25) is 0 Å². The van der Waals surface area contributed by atoms with E-state index in [0.717, 1.165) is 23.4 Å². The Kier molecular flexibility index (Phi) is 14.8. The van der Waals surface area contributed by atoms with Crippen molar-refractivity contribution in [1.82, 2.24) is 4.57 Å². The van der Waals surface area contributed by atoms with Crippen molar-refractivity contribution in [2.45, 2.75) is 149 Å². The average Bonchev–Trinajstić information content (AvgIpc) is 0.766. The van der Waals surface area contributed by atoms with E-state index < -0.39 is 0 Å². The zero-order chi connectivity index (χ0) is 69.9. The Morgan fingerprint density at radius 1 is 0.314 bits per heavy atom. The summed E-state index contributed by atoms with van der Waals surface area (Å²) in [6, 6.07) is 102. The van der Waals surface area contributed by atoms with E-state index in [1.54, 1.807) is 0 Å². The minimum Gasteiger partial charge on any atom is -0.310 e. The summed E-state index contributed by atoms with van der Waals surface area (Å²) in [5, 5.41) is 2.55. The van der Waals surface area contributed by atoms with Crippen molar-refractivity contribution in [2.24, 2.45) is 17.8 Å². The van der Waals surface area contributed by atoms with Crippen LogP contribution in [-0.2, 0) is 27.1 Å². The van der Waals surface area contributed by atoms with Crippen molar-refractivity contribution in [3.05, 3.63) is 289 Å². The molecule has 0 N–H and O–H groups in total. The molecule has 2 aliphatic heterocycles. The molecule has 12 aromatic carbocycles. The van der Waals surface area contributed by atoms with Gasteiger partial charge in [-0.1, -0.05) is 277 Å². The topological polar surface area (TPSA) is 11.4 Å². The molecule has 19 rings (SSSR count). The summed E-state index contributed by atoms with van der Waals surface area (Å²) in [4.78, 5) is 5.68. The summed E-state index contributed by atoms with van der Waals surface area (Å²) < 4.78 is 2.64. The SMILES string of the molecule is CC(C)(C)c1cc(-c2ccccc2)c(N2c3cc(-c4ccccc4)ccc3B3c4ccc(-n5c6cc(C(C)(C)C)ccc6c6ccc(C(C)(C)C)cc65)cc4N(c4c(-c5ccccc5)cc(C(C)(C)C)cc4-c4ccccc4)c4cc(C56CC7CC(CC(C7)C5)C6)cc2c43)c(-c2ccccc2)c1. The monoisotopic (exact) mass is 1320 g/mol. The first kappa shape index (κ1) is 64.2. The van der Waals surface area contributed by atoms with E-state index in [1.807, 2.05) is 0 Å². The number of hydrogen-bond acceptors (Lipinski definition) is 2. The molecule has 0 atom stereocenters. The minimum atomic E-state index is -0.173. The van der Waals surface area contributed by atoms with Crippen molar-refractivity contribution in [2.75, 3.05) is 9.80 Å². The first-order valence-electron chi connectivity index (χ1n) is 37.8. The van der Waals surface area contributed by atoms with Gasteiger partial charge in [0.05, 0.1) is 22.4 Å². The second kappa shape index (κ2) is 23.6. The Hall–Kier alpha value is -9.90. The molecule has 0 radical (unpaired) electrons. The zero-order valence-electron chi connectivity index (χ0n) is 61.7. The molecular weight excluding hydrogens is 1230 g/mol. The smallest absolute Gasteiger partial charge is 0.252 e. The second-order valence-corrected chi connectivity index (χ2v) is 35.2. The zero-order valence-corrected chi connectivity index (χ0v) is 61.7. The maximum Gasteiger partial charge on any atom is 0.252 e. The molecule has 4 heteroatoms. The van der Waals surface area contributed by atoms with Gasteiger partial charge in [-0.25, -0.2) is 0 Å². The van der Waals surface area contributed by atoms with E-state index in [-0.39, 0.29) is 33.8 Å². The molecule has 1 aromatic heterocycles. The molecule has 3 nitrogen and oxygen atoms in total. The second-order valence-electron chi connectivity index (χ2n) is 35.2. The Balaban J connectivity index is 1.04. The highest BCUT2D eigenvalue weighted by Crippen LogP contribution is 2.63. The van der Waals surface area contributed by atoms with Crippen LogP contribution in [0.5, 0.6) is 0 Å². The van der Waals surface area contributed by atoms with Crippen LogP contribution in [-0.4, -0.2) is 11.3 Å². The van der Waals surface area contributed by atoms with Gasteiger partial charge in [0.1, 0.15) is 0 Å². The number of aromatic nitrogens is 1. The highest BCUT2D eigenvalue weighted by Gasteiger charge is 2.54. The molecule has 4 aliphatic carbocycles. The van der Waals surface area contributed by atoms with Crippen molar-refractivity contribution in [3.63, 3.8) is 0 Å². The molecule has 0 unspecified atom stereocenters. The van der Waals surface area contributed by atoms with Crippen LogP contribution in [0.2, 0.25) is 0 Å². The average molecular weight is 1320 g/mol. The van der Waals surface area contributed by atoms with Crippen LogP contribution in [0.15, 0.2) is 261 Å². The van der Waals surface area contributed by atoms with E-state index in [0.29, 0.717) is 0 Å². The Bertz CT molecular complexity index is 5230. The first-order chi connectivity index (χ1) is 49.0. The summed E-state index contributed by atoms with van der Waals surface area (Å²) in [6.45, 7) is 28.3. The lowest BCUT2D eigenvalue weighted by Gasteiger charge is -2.57. The Morgan fingerprint density at radius 2 is 0.667 bits per heavy atom. The number of nitrogens with zero attached hydrogens (tertiary/aromatic N) is 3. The fourth-order valence-electron chi connectivity index (χ4n) is 19.4. The molecular formula is C98H94BN3. The molecule has 3 heterocycles. The molecule has 4 bridgehead atoms. The fraction of sp³-hybridized carbons (Fsp3) is 0.265. The molecule has 13 aromatic rings. The molecule has 4 saturated carbocycles.